The number of nitrogens with zero attached hydrogens (tertiary/aromatic N) is 1. The third kappa shape index (κ3) is 2.60. The number of aliphatic hydroxyl groups excluding tert-OH is 1. The van der Waals surface area contributed by atoms with Gasteiger partial charge in [-0.3, -0.25) is 0 Å². The minimum atomic E-state index is -0.953. The number of halogens is 2. The summed E-state index contributed by atoms with van der Waals surface area (Å²) in [6.07, 6.45) is 0. The first-order valence-electron chi connectivity index (χ1n) is 5.81. The second kappa shape index (κ2) is 5.60. The summed E-state index contributed by atoms with van der Waals surface area (Å²) in [5, 5.41) is 9.09. The smallest absolute Gasteiger partial charge is 0.160 e. The van der Waals surface area contributed by atoms with E-state index in [4.69, 9.17) is 15.6 Å². The van der Waals surface area contributed by atoms with E-state index in [2.05, 4.69) is 0 Å². The second-order valence-corrected chi connectivity index (χ2v) is 4.21. The number of hydrogen-bond donors (Lipinski definition) is 2. The molecule has 4 nitrogen and oxygen atoms in total. The lowest BCUT2D eigenvalue weighted by Crippen LogP contribution is -2.37. The molecule has 0 aromatic heterocycles. The van der Waals surface area contributed by atoms with Crippen molar-refractivity contribution in [3.63, 3.8) is 0 Å². The lowest BCUT2D eigenvalue weighted by atomic mass is 10.0. The van der Waals surface area contributed by atoms with Crippen molar-refractivity contribution in [3.05, 3.63) is 29.3 Å². The van der Waals surface area contributed by atoms with E-state index >= 15 is 0 Å². The molecule has 1 aliphatic heterocycles. The van der Waals surface area contributed by atoms with E-state index in [1.807, 2.05) is 4.90 Å². The summed E-state index contributed by atoms with van der Waals surface area (Å²) < 4.78 is 31.8. The van der Waals surface area contributed by atoms with Crippen LogP contribution in [-0.4, -0.2) is 38.0 Å². The van der Waals surface area contributed by atoms with E-state index < -0.39 is 17.7 Å². The van der Waals surface area contributed by atoms with Gasteiger partial charge >= 0.3 is 0 Å². The molecule has 1 unspecified atom stereocenters. The predicted octanol–water partition coefficient (Wildman–Crippen LogP) is 0.793. The predicted molar refractivity (Wildman–Crippen MR) is 63.4 cm³/mol. The Bertz CT molecular complexity index is 423. The average molecular weight is 258 g/mol. The molecule has 0 aliphatic carbocycles. The normalized spacial score (nSPS) is 17.9. The Kier molecular flexibility index (Phi) is 4.11. The average Bonchev–Trinajstić information content (AvgIpc) is 2.41. The highest BCUT2D eigenvalue weighted by molar-refractivity contribution is 5.56. The fourth-order valence-electron chi connectivity index (χ4n) is 2.03. The molecule has 1 saturated heterocycles. The molecule has 1 aromatic carbocycles. The van der Waals surface area contributed by atoms with Gasteiger partial charge in [0.25, 0.3) is 0 Å². The van der Waals surface area contributed by atoms with Crippen molar-refractivity contribution in [1.29, 1.82) is 0 Å². The molecule has 100 valence electrons. The van der Waals surface area contributed by atoms with Crippen LogP contribution in [0.2, 0.25) is 0 Å². The minimum absolute atomic E-state index is 0.317. The molecule has 1 heterocycles. The van der Waals surface area contributed by atoms with Crippen LogP contribution in [-0.2, 0) is 4.74 Å². The van der Waals surface area contributed by atoms with Crippen LogP contribution in [0.25, 0.3) is 0 Å². The van der Waals surface area contributed by atoms with E-state index in [0.717, 1.165) is 12.1 Å². The van der Waals surface area contributed by atoms with Crippen molar-refractivity contribution in [3.8, 4) is 0 Å². The topological polar surface area (TPSA) is 58.7 Å². The highest BCUT2D eigenvalue weighted by atomic mass is 19.2. The molecule has 1 atom stereocenters. The van der Waals surface area contributed by atoms with Gasteiger partial charge in [0.15, 0.2) is 11.6 Å². The van der Waals surface area contributed by atoms with E-state index in [1.165, 1.54) is 0 Å². The van der Waals surface area contributed by atoms with Gasteiger partial charge in [-0.15, -0.1) is 0 Å². The second-order valence-electron chi connectivity index (χ2n) is 4.21. The van der Waals surface area contributed by atoms with Crippen LogP contribution >= 0.6 is 0 Å². The SMILES string of the molecule is NC(CO)c1cc(F)c(F)cc1N1CCOCC1. The molecule has 0 bridgehead atoms. The standard InChI is InChI=1S/C12H16F2N2O2/c13-9-5-8(11(15)7-17)12(6-10(9)14)16-1-3-18-4-2-16/h5-6,11,17H,1-4,7,15H2. The molecule has 3 N–H and O–H groups in total. The number of rotatable bonds is 3. The molecule has 2 rings (SSSR count). The van der Waals surface area contributed by atoms with Crippen LogP contribution in [0.4, 0.5) is 14.5 Å². The number of hydrogen-bond acceptors (Lipinski definition) is 4. The van der Waals surface area contributed by atoms with Crippen LogP contribution < -0.4 is 10.6 Å². The van der Waals surface area contributed by atoms with Crippen molar-refractivity contribution >= 4 is 5.69 Å². The Morgan fingerprint density at radius 2 is 1.89 bits per heavy atom. The molecular formula is C12H16F2N2O2. The third-order valence-electron chi connectivity index (χ3n) is 3.02. The van der Waals surface area contributed by atoms with Crippen molar-refractivity contribution in [2.75, 3.05) is 37.8 Å². The van der Waals surface area contributed by atoms with Gasteiger partial charge in [0, 0.05) is 24.8 Å². The fourth-order valence-corrected chi connectivity index (χ4v) is 2.03. The molecule has 1 fully saturated rings. The highest BCUT2D eigenvalue weighted by Crippen LogP contribution is 2.28. The number of aliphatic hydroxyl groups is 1. The highest BCUT2D eigenvalue weighted by Gasteiger charge is 2.20. The first-order chi connectivity index (χ1) is 8.63. The van der Waals surface area contributed by atoms with Crippen LogP contribution in [0, 0.1) is 11.6 Å². The molecule has 6 heteroatoms. The number of morpholine rings is 1. The van der Waals surface area contributed by atoms with E-state index in [1.54, 1.807) is 0 Å². The molecule has 1 aliphatic rings. The quantitative estimate of drug-likeness (QED) is 0.841. The van der Waals surface area contributed by atoms with Gasteiger partial charge in [0.05, 0.1) is 25.9 Å². The number of benzene rings is 1. The molecular weight excluding hydrogens is 242 g/mol. The van der Waals surface area contributed by atoms with Gasteiger partial charge in [-0.1, -0.05) is 0 Å². The third-order valence-corrected chi connectivity index (χ3v) is 3.02. The number of ether oxygens (including phenoxy) is 1. The van der Waals surface area contributed by atoms with Gasteiger partial charge in [0.2, 0.25) is 0 Å². The molecule has 1 aromatic rings. The van der Waals surface area contributed by atoms with Gasteiger partial charge in [0.1, 0.15) is 0 Å². The largest absolute Gasteiger partial charge is 0.394 e. The van der Waals surface area contributed by atoms with Crippen molar-refractivity contribution in [1.82, 2.24) is 0 Å². The van der Waals surface area contributed by atoms with Crippen molar-refractivity contribution < 1.29 is 18.6 Å². The lowest BCUT2D eigenvalue weighted by Gasteiger charge is -2.31. The monoisotopic (exact) mass is 258 g/mol. The Morgan fingerprint density at radius 1 is 1.28 bits per heavy atom. The maximum absolute atomic E-state index is 13.3. The van der Waals surface area contributed by atoms with Crippen LogP contribution in [0.3, 0.4) is 0 Å². The van der Waals surface area contributed by atoms with Crippen LogP contribution in [0.1, 0.15) is 11.6 Å². The Balaban J connectivity index is 2.39. The van der Waals surface area contributed by atoms with E-state index in [0.29, 0.717) is 37.6 Å². The lowest BCUT2D eigenvalue weighted by molar-refractivity contribution is 0.122. The molecule has 0 radical (unpaired) electrons. The maximum Gasteiger partial charge on any atom is 0.160 e. The summed E-state index contributed by atoms with van der Waals surface area (Å²) in [4.78, 5) is 1.89. The summed E-state index contributed by atoms with van der Waals surface area (Å²) in [5.74, 6) is -1.86. The van der Waals surface area contributed by atoms with Crippen LogP contribution in [0.15, 0.2) is 12.1 Å². The molecule has 0 amide bonds. The van der Waals surface area contributed by atoms with Gasteiger partial charge in [-0.05, 0) is 11.6 Å². The zero-order valence-corrected chi connectivity index (χ0v) is 9.90. The summed E-state index contributed by atoms with van der Waals surface area (Å²) >= 11 is 0. The molecule has 0 spiro atoms. The summed E-state index contributed by atoms with van der Waals surface area (Å²) in [6, 6.07) is 1.46. The van der Waals surface area contributed by atoms with Crippen molar-refractivity contribution in [2.45, 2.75) is 6.04 Å². The first-order valence-corrected chi connectivity index (χ1v) is 5.81. The fraction of sp³-hybridized carbons (Fsp3) is 0.500. The summed E-state index contributed by atoms with van der Waals surface area (Å²) in [5.41, 5.74) is 6.67. The first kappa shape index (κ1) is 13.2. The minimum Gasteiger partial charge on any atom is -0.394 e. The van der Waals surface area contributed by atoms with Gasteiger partial charge in [-0.2, -0.15) is 0 Å². The van der Waals surface area contributed by atoms with Crippen molar-refractivity contribution in [2.24, 2.45) is 5.73 Å². The van der Waals surface area contributed by atoms with Gasteiger partial charge in [-0.25, -0.2) is 8.78 Å². The Labute approximate surface area is 104 Å². The van der Waals surface area contributed by atoms with E-state index in [-0.39, 0.29) is 6.61 Å². The summed E-state index contributed by atoms with van der Waals surface area (Å²) in [7, 11) is 0. The van der Waals surface area contributed by atoms with Gasteiger partial charge < -0.3 is 20.5 Å². The molecule has 0 saturated carbocycles. The van der Waals surface area contributed by atoms with E-state index in [9.17, 15) is 8.78 Å². The zero-order valence-electron chi connectivity index (χ0n) is 9.90. The van der Waals surface area contributed by atoms with Crippen LogP contribution in [0.5, 0.6) is 0 Å². The maximum atomic E-state index is 13.3. The molecule has 18 heavy (non-hydrogen) atoms. The number of anilines is 1. The Morgan fingerprint density at radius 3 is 2.50 bits per heavy atom. The number of nitrogens with two attached hydrogens (primary N) is 1. The zero-order chi connectivity index (χ0) is 13.1. The Hall–Kier alpha value is -1.24. The summed E-state index contributed by atoms with van der Waals surface area (Å²) in [6.45, 7) is 1.94.